The van der Waals surface area contributed by atoms with Crippen molar-refractivity contribution in [2.24, 2.45) is 5.14 Å². The van der Waals surface area contributed by atoms with E-state index in [4.69, 9.17) is 14.6 Å². The Hall–Kier alpha value is -1.31. The van der Waals surface area contributed by atoms with Crippen LogP contribution in [0.25, 0.3) is 0 Å². The molecule has 0 bridgehead atoms. The first-order valence-corrected chi connectivity index (χ1v) is 6.44. The highest BCUT2D eigenvalue weighted by atomic mass is 32.2. The molecule has 0 saturated heterocycles. The van der Waals surface area contributed by atoms with E-state index in [2.05, 4.69) is 4.72 Å². The minimum absolute atomic E-state index is 0.481. The van der Waals surface area contributed by atoms with E-state index in [1.165, 1.54) is 7.11 Å². The van der Waals surface area contributed by atoms with Crippen LogP contribution in [0.1, 0.15) is 18.5 Å². The molecule has 0 spiro atoms. The minimum Gasteiger partial charge on any atom is -0.497 e. The molecule has 17 heavy (non-hydrogen) atoms. The molecule has 0 aromatic heterocycles. The molecule has 1 rings (SSSR count). The lowest BCUT2D eigenvalue weighted by Gasteiger charge is -2.16. The van der Waals surface area contributed by atoms with Gasteiger partial charge in [-0.25, -0.2) is 5.14 Å². The highest BCUT2D eigenvalue weighted by Gasteiger charge is 2.16. The fraction of sp³-hybridized carbons (Fsp3) is 0.400. The van der Waals surface area contributed by atoms with E-state index < -0.39 is 16.3 Å². The van der Waals surface area contributed by atoms with Gasteiger partial charge in [0.05, 0.1) is 14.2 Å². The third-order valence-corrected chi connectivity index (χ3v) is 2.93. The van der Waals surface area contributed by atoms with E-state index in [9.17, 15) is 8.42 Å². The van der Waals surface area contributed by atoms with Gasteiger partial charge in [-0.15, -0.1) is 0 Å². The van der Waals surface area contributed by atoms with E-state index in [1.54, 1.807) is 32.2 Å². The van der Waals surface area contributed by atoms with E-state index in [0.717, 1.165) is 0 Å². The summed E-state index contributed by atoms with van der Waals surface area (Å²) in [5.74, 6) is 1.17. The second-order valence-corrected chi connectivity index (χ2v) is 4.82. The van der Waals surface area contributed by atoms with E-state index in [1.807, 2.05) is 0 Å². The van der Waals surface area contributed by atoms with Crippen LogP contribution in [0.3, 0.4) is 0 Å². The Labute approximate surface area is 101 Å². The van der Waals surface area contributed by atoms with Crippen LogP contribution in [-0.2, 0) is 10.2 Å². The van der Waals surface area contributed by atoms with E-state index in [-0.39, 0.29) is 0 Å². The fourth-order valence-corrected chi connectivity index (χ4v) is 2.11. The third-order valence-electron chi connectivity index (χ3n) is 2.25. The van der Waals surface area contributed by atoms with Gasteiger partial charge in [0.1, 0.15) is 11.5 Å². The predicted octanol–water partition coefficient (Wildman–Crippen LogP) is 0.558. The molecule has 1 aromatic carbocycles. The summed E-state index contributed by atoms with van der Waals surface area (Å²) < 4.78 is 34.4. The van der Waals surface area contributed by atoms with E-state index >= 15 is 0 Å². The Kier molecular flexibility index (Phi) is 4.33. The lowest BCUT2D eigenvalue weighted by Crippen LogP contribution is -2.33. The first-order valence-electron chi connectivity index (χ1n) is 4.89. The molecule has 7 heteroatoms. The zero-order valence-corrected chi connectivity index (χ0v) is 10.7. The van der Waals surface area contributed by atoms with Crippen LogP contribution < -0.4 is 19.3 Å². The summed E-state index contributed by atoms with van der Waals surface area (Å²) in [5.41, 5.74) is 0.683. The molecule has 1 atom stereocenters. The maximum Gasteiger partial charge on any atom is 0.274 e. The minimum atomic E-state index is -3.75. The van der Waals surface area contributed by atoms with Gasteiger partial charge in [0.15, 0.2) is 0 Å². The Morgan fingerprint density at radius 3 is 2.41 bits per heavy atom. The predicted molar refractivity (Wildman–Crippen MR) is 64.2 cm³/mol. The summed E-state index contributed by atoms with van der Waals surface area (Å²) >= 11 is 0. The summed E-state index contributed by atoms with van der Waals surface area (Å²) in [7, 11) is -0.705. The van der Waals surface area contributed by atoms with Crippen molar-refractivity contribution in [1.29, 1.82) is 0 Å². The maximum absolute atomic E-state index is 10.9. The number of nitrogens with two attached hydrogens (primary N) is 1. The summed E-state index contributed by atoms with van der Waals surface area (Å²) in [4.78, 5) is 0. The van der Waals surface area contributed by atoms with Gasteiger partial charge in [-0.2, -0.15) is 13.1 Å². The maximum atomic E-state index is 10.9. The van der Waals surface area contributed by atoms with Crippen LogP contribution in [0, 0.1) is 0 Å². The van der Waals surface area contributed by atoms with Crippen molar-refractivity contribution in [2.75, 3.05) is 14.2 Å². The normalized spacial score (nSPS) is 13.2. The molecule has 0 fully saturated rings. The average Bonchev–Trinajstić information content (AvgIpc) is 2.25. The number of methoxy groups -OCH3 is 2. The van der Waals surface area contributed by atoms with Gasteiger partial charge in [0.25, 0.3) is 10.2 Å². The fourth-order valence-electron chi connectivity index (χ4n) is 1.49. The van der Waals surface area contributed by atoms with Crippen molar-refractivity contribution in [3.63, 3.8) is 0 Å². The van der Waals surface area contributed by atoms with Crippen molar-refractivity contribution in [3.05, 3.63) is 23.8 Å². The Bertz CT molecular complexity index is 487. The van der Waals surface area contributed by atoms with Crippen LogP contribution in [-0.4, -0.2) is 22.6 Å². The Balaban J connectivity index is 3.04. The van der Waals surface area contributed by atoms with Crippen molar-refractivity contribution >= 4 is 10.2 Å². The van der Waals surface area contributed by atoms with Gasteiger partial charge >= 0.3 is 0 Å². The smallest absolute Gasteiger partial charge is 0.274 e. The highest BCUT2D eigenvalue weighted by Crippen LogP contribution is 2.29. The summed E-state index contributed by atoms with van der Waals surface area (Å²) in [5, 5.41) is 4.92. The second kappa shape index (κ2) is 5.35. The van der Waals surface area contributed by atoms with Gasteiger partial charge in [0.2, 0.25) is 0 Å². The molecule has 96 valence electrons. The average molecular weight is 260 g/mol. The Morgan fingerprint density at radius 2 is 1.94 bits per heavy atom. The van der Waals surface area contributed by atoms with Gasteiger partial charge in [-0.05, 0) is 13.0 Å². The summed E-state index contributed by atoms with van der Waals surface area (Å²) in [6.45, 7) is 1.68. The molecule has 0 aliphatic carbocycles. The van der Waals surface area contributed by atoms with Gasteiger partial charge < -0.3 is 9.47 Å². The van der Waals surface area contributed by atoms with Crippen LogP contribution in [0.15, 0.2) is 18.2 Å². The molecule has 3 N–H and O–H groups in total. The quantitative estimate of drug-likeness (QED) is 0.809. The first kappa shape index (κ1) is 13.8. The summed E-state index contributed by atoms with van der Waals surface area (Å²) in [6.07, 6.45) is 0. The number of hydrogen-bond donors (Lipinski definition) is 2. The lowest BCUT2D eigenvalue weighted by atomic mass is 10.1. The largest absolute Gasteiger partial charge is 0.497 e. The van der Waals surface area contributed by atoms with Crippen molar-refractivity contribution < 1.29 is 17.9 Å². The highest BCUT2D eigenvalue weighted by molar-refractivity contribution is 7.87. The molecule has 1 aromatic rings. The third kappa shape index (κ3) is 3.88. The molecular weight excluding hydrogens is 244 g/mol. The molecular formula is C10H16N2O4S. The van der Waals surface area contributed by atoms with Gasteiger partial charge in [-0.3, -0.25) is 0 Å². The number of rotatable bonds is 5. The molecule has 0 heterocycles. The number of nitrogens with one attached hydrogen (secondary N) is 1. The SMILES string of the molecule is COc1ccc(C(C)NS(N)(=O)=O)c(OC)c1. The Morgan fingerprint density at radius 1 is 1.29 bits per heavy atom. The van der Waals surface area contributed by atoms with Gasteiger partial charge in [0, 0.05) is 17.7 Å². The van der Waals surface area contributed by atoms with Crippen LogP contribution in [0.4, 0.5) is 0 Å². The topological polar surface area (TPSA) is 90.6 Å². The first-order chi connectivity index (χ1) is 7.87. The second-order valence-electron chi connectivity index (χ2n) is 3.49. The molecule has 0 aliphatic heterocycles. The number of ether oxygens (including phenoxy) is 2. The van der Waals surface area contributed by atoms with Gasteiger partial charge in [-0.1, -0.05) is 6.07 Å². The van der Waals surface area contributed by atoms with Crippen molar-refractivity contribution in [2.45, 2.75) is 13.0 Å². The molecule has 0 saturated carbocycles. The summed E-state index contributed by atoms with van der Waals surface area (Å²) in [6, 6.07) is 4.64. The molecule has 0 amide bonds. The van der Waals surface area contributed by atoms with Crippen LogP contribution >= 0.6 is 0 Å². The number of benzene rings is 1. The van der Waals surface area contributed by atoms with Crippen molar-refractivity contribution in [1.82, 2.24) is 4.72 Å². The zero-order chi connectivity index (χ0) is 13.1. The molecule has 6 nitrogen and oxygen atoms in total. The molecule has 0 aliphatic rings. The molecule has 0 radical (unpaired) electrons. The van der Waals surface area contributed by atoms with E-state index in [0.29, 0.717) is 17.1 Å². The molecule has 1 unspecified atom stereocenters. The van der Waals surface area contributed by atoms with Crippen molar-refractivity contribution in [3.8, 4) is 11.5 Å². The lowest BCUT2D eigenvalue weighted by molar-refractivity contribution is 0.388. The monoisotopic (exact) mass is 260 g/mol. The standard InChI is InChI=1S/C10H16N2O4S/c1-7(12-17(11,13)14)9-5-4-8(15-2)6-10(9)16-3/h4-7,12H,1-3H3,(H2,11,13,14). The number of hydrogen-bond acceptors (Lipinski definition) is 4. The zero-order valence-electron chi connectivity index (χ0n) is 9.93. The van der Waals surface area contributed by atoms with Crippen LogP contribution in [0.2, 0.25) is 0 Å². The van der Waals surface area contributed by atoms with Crippen LogP contribution in [0.5, 0.6) is 11.5 Å².